The average Bonchev–Trinajstić information content (AvgIpc) is 2.78. The molecule has 18 heavy (non-hydrogen) atoms. The van der Waals surface area contributed by atoms with Crippen LogP contribution < -0.4 is 5.32 Å². The van der Waals surface area contributed by atoms with E-state index in [1.807, 2.05) is 0 Å². The van der Waals surface area contributed by atoms with Crippen LogP contribution in [0.15, 0.2) is 6.20 Å². The van der Waals surface area contributed by atoms with Gasteiger partial charge in [0, 0.05) is 19.3 Å². The molecule has 0 radical (unpaired) electrons. The van der Waals surface area contributed by atoms with Crippen LogP contribution in [0.3, 0.4) is 0 Å². The van der Waals surface area contributed by atoms with E-state index in [1.165, 1.54) is 6.20 Å². The van der Waals surface area contributed by atoms with Crippen molar-refractivity contribution in [1.29, 1.82) is 0 Å². The first-order valence-corrected chi connectivity index (χ1v) is 5.65. The largest absolute Gasteiger partial charge is 0.480 e. The van der Waals surface area contributed by atoms with Crippen molar-refractivity contribution in [3.05, 3.63) is 11.9 Å². The van der Waals surface area contributed by atoms with Gasteiger partial charge in [0.1, 0.15) is 6.54 Å². The summed E-state index contributed by atoms with van der Waals surface area (Å²) in [5.41, 5.74) is 0.128. The summed E-state index contributed by atoms with van der Waals surface area (Å²) >= 11 is 0. The van der Waals surface area contributed by atoms with Crippen LogP contribution in [0.4, 0.5) is 0 Å². The molecule has 2 heterocycles. The quantitative estimate of drug-likeness (QED) is 0.733. The molecule has 0 unspecified atom stereocenters. The van der Waals surface area contributed by atoms with E-state index in [4.69, 9.17) is 9.84 Å². The van der Waals surface area contributed by atoms with E-state index in [2.05, 4.69) is 15.6 Å². The molecule has 0 saturated carbocycles. The summed E-state index contributed by atoms with van der Waals surface area (Å²) in [7, 11) is 0. The number of hydrogen-bond donors (Lipinski definition) is 2. The number of amides is 1. The van der Waals surface area contributed by atoms with Gasteiger partial charge in [-0.15, -0.1) is 5.10 Å². The minimum absolute atomic E-state index is 0.0795. The molecular weight excluding hydrogens is 240 g/mol. The molecule has 0 spiro atoms. The van der Waals surface area contributed by atoms with Crippen molar-refractivity contribution >= 4 is 11.9 Å². The topological polar surface area (TPSA) is 106 Å². The average molecular weight is 254 g/mol. The first-order chi connectivity index (χ1) is 8.65. The number of carbonyl (C=O) groups is 2. The van der Waals surface area contributed by atoms with Gasteiger partial charge in [-0.3, -0.25) is 9.59 Å². The Labute approximate surface area is 103 Å². The fourth-order valence-corrected chi connectivity index (χ4v) is 1.72. The van der Waals surface area contributed by atoms with Crippen molar-refractivity contribution in [3.63, 3.8) is 0 Å². The molecule has 1 aliphatic rings. The molecule has 98 valence electrons. The van der Waals surface area contributed by atoms with Gasteiger partial charge >= 0.3 is 5.97 Å². The van der Waals surface area contributed by atoms with E-state index >= 15 is 0 Å². The molecule has 8 nitrogen and oxygen atoms in total. The second-order valence-electron chi connectivity index (χ2n) is 4.06. The number of carbonyl (C=O) groups excluding carboxylic acids is 1. The Kier molecular flexibility index (Phi) is 3.88. The zero-order valence-corrected chi connectivity index (χ0v) is 9.70. The number of hydrogen-bond acceptors (Lipinski definition) is 5. The van der Waals surface area contributed by atoms with Crippen LogP contribution in [0.5, 0.6) is 0 Å². The first-order valence-electron chi connectivity index (χ1n) is 5.65. The Morgan fingerprint density at radius 1 is 1.50 bits per heavy atom. The molecule has 0 bridgehead atoms. The minimum Gasteiger partial charge on any atom is -0.480 e. The number of rotatable bonds is 4. The predicted octanol–water partition coefficient (Wildman–Crippen LogP) is -0.728. The summed E-state index contributed by atoms with van der Waals surface area (Å²) in [6.45, 7) is 0.963. The standard InChI is InChI=1S/C10H14N4O4/c15-9(16)6-14-5-8(12-13-14)10(17)11-7-1-3-18-4-2-7/h5,7H,1-4,6H2,(H,11,17)(H,15,16). The number of nitrogens with zero attached hydrogens (tertiary/aromatic N) is 3. The molecule has 1 saturated heterocycles. The van der Waals surface area contributed by atoms with Gasteiger partial charge in [-0.1, -0.05) is 5.21 Å². The van der Waals surface area contributed by atoms with Crippen LogP contribution in [-0.2, 0) is 16.1 Å². The Bertz CT molecular complexity index is 439. The van der Waals surface area contributed by atoms with E-state index in [1.54, 1.807) is 0 Å². The van der Waals surface area contributed by atoms with Crippen LogP contribution in [-0.4, -0.2) is 51.2 Å². The molecule has 1 amide bonds. The minimum atomic E-state index is -1.03. The predicted molar refractivity (Wildman–Crippen MR) is 59.0 cm³/mol. The van der Waals surface area contributed by atoms with Crippen molar-refractivity contribution in [3.8, 4) is 0 Å². The van der Waals surface area contributed by atoms with Gasteiger partial charge in [-0.05, 0) is 12.8 Å². The lowest BCUT2D eigenvalue weighted by Gasteiger charge is -2.22. The third-order valence-corrected chi connectivity index (χ3v) is 2.63. The van der Waals surface area contributed by atoms with Crippen LogP contribution in [0, 0.1) is 0 Å². The highest BCUT2D eigenvalue weighted by molar-refractivity contribution is 5.92. The molecule has 2 rings (SSSR count). The Balaban J connectivity index is 1.91. The normalized spacial score (nSPS) is 16.4. The van der Waals surface area contributed by atoms with Crippen molar-refractivity contribution < 1.29 is 19.4 Å². The number of ether oxygens (including phenoxy) is 1. The van der Waals surface area contributed by atoms with E-state index in [0.29, 0.717) is 13.2 Å². The third kappa shape index (κ3) is 3.27. The Morgan fingerprint density at radius 3 is 2.89 bits per heavy atom. The molecular formula is C10H14N4O4. The van der Waals surface area contributed by atoms with Crippen LogP contribution in [0.2, 0.25) is 0 Å². The first kappa shape index (κ1) is 12.5. The van der Waals surface area contributed by atoms with Crippen LogP contribution >= 0.6 is 0 Å². The lowest BCUT2D eigenvalue weighted by atomic mass is 10.1. The van der Waals surface area contributed by atoms with Gasteiger partial charge in [0.2, 0.25) is 0 Å². The third-order valence-electron chi connectivity index (χ3n) is 2.63. The number of carboxylic acids is 1. The zero-order chi connectivity index (χ0) is 13.0. The number of carboxylic acid groups (broad SMARTS) is 1. The summed E-state index contributed by atoms with van der Waals surface area (Å²) < 4.78 is 6.30. The maximum absolute atomic E-state index is 11.8. The van der Waals surface area contributed by atoms with E-state index in [9.17, 15) is 9.59 Å². The highest BCUT2D eigenvalue weighted by atomic mass is 16.5. The highest BCUT2D eigenvalue weighted by Gasteiger charge is 2.19. The monoisotopic (exact) mass is 254 g/mol. The maximum atomic E-state index is 11.8. The van der Waals surface area contributed by atoms with Gasteiger partial charge in [0.05, 0.1) is 6.20 Å². The van der Waals surface area contributed by atoms with Gasteiger partial charge < -0.3 is 15.2 Å². The second-order valence-corrected chi connectivity index (χ2v) is 4.06. The zero-order valence-electron chi connectivity index (χ0n) is 9.70. The SMILES string of the molecule is O=C(O)Cn1cc(C(=O)NC2CCOCC2)nn1. The van der Waals surface area contributed by atoms with Crippen molar-refractivity contribution in [2.45, 2.75) is 25.4 Å². The van der Waals surface area contributed by atoms with Crippen LogP contribution in [0.1, 0.15) is 23.3 Å². The molecule has 0 aliphatic carbocycles. The van der Waals surface area contributed by atoms with Crippen molar-refractivity contribution in [2.24, 2.45) is 0 Å². The number of nitrogens with one attached hydrogen (secondary N) is 1. The van der Waals surface area contributed by atoms with Gasteiger partial charge in [0.15, 0.2) is 5.69 Å². The fraction of sp³-hybridized carbons (Fsp3) is 0.600. The molecule has 0 aromatic carbocycles. The lowest BCUT2D eigenvalue weighted by molar-refractivity contribution is -0.137. The van der Waals surface area contributed by atoms with Crippen molar-refractivity contribution in [1.82, 2.24) is 20.3 Å². The molecule has 1 aromatic rings. The number of aliphatic carboxylic acids is 1. The maximum Gasteiger partial charge on any atom is 0.325 e. The Hall–Kier alpha value is -1.96. The second kappa shape index (κ2) is 5.58. The Morgan fingerprint density at radius 2 is 2.22 bits per heavy atom. The van der Waals surface area contributed by atoms with E-state index in [-0.39, 0.29) is 24.2 Å². The number of aromatic nitrogens is 3. The molecule has 1 aliphatic heterocycles. The summed E-state index contributed by atoms with van der Waals surface area (Å²) in [5, 5.41) is 18.6. The summed E-state index contributed by atoms with van der Waals surface area (Å²) in [5.74, 6) is -1.37. The van der Waals surface area contributed by atoms with Crippen LogP contribution in [0.25, 0.3) is 0 Å². The lowest BCUT2D eigenvalue weighted by Crippen LogP contribution is -2.39. The van der Waals surface area contributed by atoms with Gasteiger partial charge in [0.25, 0.3) is 5.91 Å². The smallest absolute Gasteiger partial charge is 0.325 e. The van der Waals surface area contributed by atoms with Gasteiger partial charge in [-0.2, -0.15) is 0 Å². The molecule has 1 aromatic heterocycles. The van der Waals surface area contributed by atoms with E-state index in [0.717, 1.165) is 17.5 Å². The summed E-state index contributed by atoms with van der Waals surface area (Å²) in [4.78, 5) is 22.3. The molecule has 1 fully saturated rings. The van der Waals surface area contributed by atoms with Crippen molar-refractivity contribution in [2.75, 3.05) is 13.2 Å². The molecule has 8 heteroatoms. The summed E-state index contributed by atoms with van der Waals surface area (Å²) in [6, 6.07) is 0.0795. The molecule has 2 N–H and O–H groups in total. The fourth-order valence-electron chi connectivity index (χ4n) is 1.72. The van der Waals surface area contributed by atoms with E-state index < -0.39 is 5.97 Å². The molecule has 0 atom stereocenters. The van der Waals surface area contributed by atoms with Gasteiger partial charge in [-0.25, -0.2) is 4.68 Å². The summed E-state index contributed by atoms with van der Waals surface area (Å²) in [6.07, 6.45) is 2.87. The highest BCUT2D eigenvalue weighted by Crippen LogP contribution is 2.07.